The van der Waals surface area contributed by atoms with Gasteiger partial charge in [-0.3, -0.25) is 4.79 Å². The molecule has 43 atom stereocenters. The minimum atomic E-state index is -1.98. The third kappa shape index (κ3) is 14.5. The van der Waals surface area contributed by atoms with Gasteiger partial charge in [0.1, 0.15) is 146 Å². The summed E-state index contributed by atoms with van der Waals surface area (Å²) in [6.45, 7) is 14.2. The van der Waals surface area contributed by atoms with Gasteiger partial charge in [-0.05, 0) is 124 Å². The highest BCUT2D eigenvalue weighted by atomic mass is 16.8. The smallest absolute Gasteiger partial charge is 0.315 e. The molecule has 7 aliphatic heterocycles. The summed E-state index contributed by atoms with van der Waals surface area (Å²) in [5.41, 5.74) is -2.62. The maximum absolute atomic E-state index is 15.4. The Morgan fingerprint density at radius 1 is 0.453 bits per heavy atom. The summed E-state index contributed by atoms with van der Waals surface area (Å²) in [6, 6.07) is 0. The Kier molecular flexibility index (Phi) is 24.8. The minimum Gasteiger partial charge on any atom is -0.432 e. The van der Waals surface area contributed by atoms with Crippen molar-refractivity contribution in [1.82, 2.24) is 0 Å². The fourth-order valence-corrected chi connectivity index (χ4v) is 20.4. The molecule has 12 aliphatic rings. The molecule has 4 saturated carbocycles. The van der Waals surface area contributed by atoms with Crippen molar-refractivity contribution in [2.24, 2.45) is 50.2 Å². The van der Waals surface area contributed by atoms with E-state index in [9.17, 15) is 102 Å². The zero-order valence-corrected chi connectivity index (χ0v) is 61.2. The normalized spacial score (nSPS) is 55.5. The lowest BCUT2D eigenvalue weighted by Crippen LogP contribution is -2.67. The molecular formula is C71H116O35. The van der Waals surface area contributed by atoms with E-state index in [0.717, 1.165) is 5.57 Å². The van der Waals surface area contributed by atoms with Gasteiger partial charge in [0.15, 0.2) is 37.7 Å². The number of aliphatic hydroxyl groups excluding tert-OH is 20. The van der Waals surface area contributed by atoms with Gasteiger partial charge >= 0.3 is 5.97 Å². The molecule has 11 fully saturated rings. The molecule has 5 aliphatic carbocycles. The van der Waals surface area contributed by atoms with Crippen LogP contribution >= 0.6 is 0 Å². The average molecular weight is 1530 g/mol. The third-order valence-electron chi connectivity index (χ3n) is 27.4. The van der Waals surface area contributed by atoms with E-state index >= 15 is 4.79 Å². The van der Waals surface area contributed by atoms with Gasteiger partial charge in [0.25, 0.3) is 0 Å². The average Bonchev–Trinajstić information content (AvgIpc) is 0.674. The van der Waals surface area contributed by atoms with E-state index in [-0.39, 0.29) is 29.8 Å². The minimum absolute atomic E-state index is 0.0113. The molecule has 35 heteroatoms. The van der Waals surface area contributed by atoms with Gasteiger partial charge in [-0.2, -0.15) is 0 Å². The van der Waals surface area contributed by atoms with Gasteiger partial charge in [-0.15, -0.1) is 0 Å². The molecule has 4 unspecified atom stereocenters. The van der Waals surface area contributed by atoms with Gasteiger partial charge in [-0.25, -0.2) is 0 Å². The molecule has 0 aromatic carbocycles. The van der Waals surface area contributed by atoms with Crippen molar-refractivity contribution in [2.45, 2.75) is 341 Å². The Bertz CT molecular complexity index is 3010. The van der Waals surface area contributed by atoms with Gasteiger partial charge in [0.2, 0.25) is 6.29 Å². The number of allylic oxidation sites excluding steroid dienone is 2. The molecule has 20 N–H and O–H groups in total. The molecule has 106 heavy (non-hydrogen) atoms. The van der Waals surface area contributed by atoms with Gasteiger partial charge in [0.05, 0.1) is 62.9 Å². The van der Waals surface area contributed by atoms with Gasteiger partial charge in [0, 0.05) is 5.41 Å². The summed E-state index contributed by atoms with van der Waals surface area (Å²) in [5.74, 6) is -1.22. The largest absolute Gasteiger partial charge is 0.432 e. The SMILES string of the molecule is C[C@@H]1O[C@@H](O[C@H]2[C@H](O[C@H]3CC[C@@]4(C)C(CC[C@]5(C)C4CC=C4C6CC(C)(C)CC[C@]6(C(=O)O[C@@H]6O[C@H](CO[C@@H]7O[C@H](CO)[C@@H](O[C@@H]8O[C@@H](C)[C@H](O)[C@@H](O)[C@H]8O)[C@H](O)[C@H]7O)[C@@H](O)[C@H](O)[C@H]6O)CC[C@]45C)C3(C)CO)OC[C@H](O[C@@H]3O[C@H](CO)[C@@H](O[C@@H]4O[C@@H](C)[C@H](O)[C@@H](O)[C@H]4O)[C@H](O)[C@H]3O)[C@@H]2O)[C@H](O)[C@H](O)[C@H]1O. The van der Waals surface area contributed by atoms with Crippen LogP contribution in [0, 0.1) is 50.2 Å². The van der Waals surface area contributed by atoms with Crippen molar-refractivity contribution in [3.8, 4) is 0 Å². The number of carbonyl (C=O) groups excluding carboxylic acids is 1. The first-order valence-corrected chi connectivity index (χ1v) is 37.5. The fourth-order valence-electron chi connectivity index (χ4n) is 20.4. The summed E-state index contributed by atoms with van der Waals surface area (Å²) in [5, 5.41) is 220. The zero-order valence-electron chi connectivity index (χ0n) is 61.2. The number of esters is 1. The third-order valence-corrected chi connectivity index (χ3v) is 27.4. The van der Waals surface area contributed by atoms with Crippen molar-refractivity contribution in [3.63, 3.8) is 0 Å². The van der Waals surface area contributed by atoms with E-state index in [4.69, 9.17) is 66.3 Å². The number of hydrogen-bond acceptors (Lipinski definition) is 35. The van der Waals surface area contributed by atoms with Crippen molar-refractivity contribution >= 4 is 5.97 Å². The maximum Gasteiger partial charge on any atom is 0.315 e. The molecule has 0 aromatic heterocycles. The van der Waals surface area contributed by atoms with E-state index in [1.54, 1.807) is 0 Å². The zero-order chi connectivity index (χ0) is 77.3. The van der Waals surface area contributed by atoms with Crippen LogP contribution in [-0.4, -0.2) is 356 Å². The quantitative estimate of drug-likeness (QED) is 0.0345. The van der Waals surface area contributed by atoms with Crippen LogP contribution in [0.3, 0.4) is 0 Å². The molecule has 0 aromatic rings. The van der Waals surface area contributed by atoms with Gasteiger partial charge in [-0.1, -0.05) is 53.2 Å². The molecule has 0 radical (unpaired) electrons. The van der Waals surface area contributed by atoms with Crippen LogP contribution in [0.25, 0.3) is 0 Å². The highest BCUT2D eigenvalue weighted by Gasteiger charge is 2.71. The van der Waals surface area contributed by atoms with Crippen molar-refractivity contribution in [2.75, 3.05) is 33.0 Å². The van der Waals surface area contributed by atoms with Crippen LogP contribution < -0.4 is 0 Å². The van der Waals surface area contributed by atoms with Crippen LogP contribution in [0.2, 0.25) is 0 Å². The second kappa shape index (κ2) is 31.6. The topological polar surface area (TPSA) is 551 Å². The summed E-state index contributed by atoms with van der Waals surface area (Å²) >= 11 is 0. The number of carbonyl (C=O) groups is 1. The maximum atomic E-state index is 15.4. The van der Waals surface area contributed by atoms with E-state index in [2.05, 4.69) is 40.7 Å². The highest BCUT2D eigenvalue weighted by Crippen LogP contribution is 2.76. The summed E-state index contributed by atoms with van der Waals surface area (Å²) < 4.78 is 83.9. The van der Waals surface area contributed by atoms with E-state index < -0.39 is 274 Å². The van der Waals surface area contributed by atoms with Crippen LogP contribution in [0.5, 0.6) is 0 Å². The predicted octanol–water partition coefficient (Wildman–Crippen LogP) is -5.87. The summed E-state index contributed by atoms with van der Waals surface area (Å²) in [4.78, 5) is 15.4. The van der Waals surface area contributed by atoms with E-state index in [1.165, 1.54) is 20.8 Å². The van der Waals surface area contributed by atoms with E-state index in [0.29, 0.717) is 64.2 Å². The number of aliphatic hydroxyl groups is 20. The molecule has 35 nitrogen and oxygen atoms in total. The molecule has 7 heterocycles. The lowest BCUT2D eigenvalue weighted by molar-refractivity contribution is -0.388. The number of fused-ring (bicyclic) bond motifs is 7. The molecule has 0 bridgehead atoms. The van der Waals surface area contributed by atoms with E-state index in [1.807, 2.05) is 6.92 Å². The number of rotatable bonds is 18. The Morgan fingerprint density at radius 3 is 1.46 bits per heavy atom. The standard InChI is InChI=1S/C71H116O35/c1-26-38(75)43(80)49(86)59(95-26)103-55-31(21-72)98-58(53(90)47(55)84)93-23-33-41(78)46(83)52(89)63(100-33)106-65(92)71-18-16-66(4,5)20-30(71)29-10-11-36-67(6)14-13-37(68(7,25-74)35(67)12-15-70(36,9)69(29,8)17-19-71)102-64-57(105-61-51(88)45(82)40(77)28(3)97-61)42(79)34(24-94-64)101-62-54(91)48(85)56(32(22-73)99-62)104-60-50(87)44(81)39(76)27(2)96-60/h10,26-28,30-64,72-91H,11-25H2,1-9H3/t26-,27-,28-,30?,31+,32+,33+,34-,35?,36?,37-,38-,39-,40-,41+,42-,43+,44+,45+,46-,47+,48+,49+,50+,51+,52+,53+,54+,55+,56+,57+,58+,59-,60-,61-,62-,63-,64-,67-,68?,69+,70+,71-/m0/s1. The molecule has 7 saturated heterocycles. The van der Waals surface area contributed by atoms with Crippen molar-refractivity contribution < 1.29 is 173 Å². The lowest BCUT2D eigenvalue weighted by Gasteiger charge is -2.71. The Hall–Kier alpha value is -2.11. The Balaban J connectivity index is 0.733. The number of ether oxygens (including phenoxy) is 14. The van der Waals surface area contributed by atoms with Crippen molar-refractivity contribution in [3.05, 3.63) is 11.6 Å². The first-order chi connectivity index (χ1) is 49.8. The number of hydrogen-bond donors (Lipinski definition) is 20. The fraction of sp³-hybridized carbons (Fsp3) is 0.958. The molecule has 0 amide bonds. The van der Waals surface area contributed by atoms with Crippen LogP contribution in [-0.2, 0) is 71.1 Å². The second-order valence-electron chi connectivity index (χ2n) is 34.1. The Labute approximate surface area is 613 Å². The van der Waals surface area contributed by atoms with Crippen LogP contribution in [0.4, 0.5) is 0 Å². The first kappa shape index (κ1) is 83.3. The lowest BCUT2D eigenvalue weighted by atomic mass is 9.33. The Morgan fingerprint density at radius 2 is 0.925 bits per heavy atom. The molecule has 610 valence electrons. The molecule has 0 spiro atoms. The summed E-state index contributed by atoms with van der Waals surface area (Å²) in [7, 11) is 0. The van der Waals surface area contributed by atoms with Crippen LogP contribution in [0.15, 0.2) is 11.6 Å². The molecule has 12 rings (SSSR count). The molecular weight excluding hydrogens is 1410 g/mol. The second-order valence-corrected chi connectivity index (χ2v) is 34.1. The van der Waals surface area contributed by atoms with Crippen molar-refractivity contribution in [1.29, 1.82) is 0 Å². The highest BCUT2D eigenvalue weighted by molar-refractivity contribution is 5.79. The van der Waals surface area contributed by atoms with Gasteiger partial charge < -0.3 is 168 Å². The first-order valence-electron chi connectivity index (χ1n) is 37.5. The predicted molar refractivity (Wildman–Crippen MR) is 352 cm³/mol. The summed E-state index contributed by atoms with van der Waals surface area (Å²) in [6.07, 6.45) is -49.4. The monoisotopic (exact) mass is 1530 g/mol. The van der Waals surface area contributed by atoms with Crippen LogP contribution in [0.1, 0.15) is 127 Å².